The fourth-order valence-corrected chi connectivity index (χ4v) is 4.42. The van der Waals surface area contributed by atoms with E-state index in [0.29, 0.717) is 0 Å². The van der Waals surface area contributed by atoms with E-state index in [0.717, 1.165) is 69.6 Å². The average molecular weight is 475 g/mol. The van der Waals surface area contributed by atoms with Gasteiger partial charge in [0.25, 0.3) is 0 Å². The second-order valence-electron chi connectivity index (χ2n) is 6.56. The maximum Gasteiger partial charge on any atom is 0.159 e. The summed E-state index contributed by atoms with van der Waals surface area (Å²) in [6.07, 6.45) is 0. The fourth-order valence-electron chi connectivity index (χ4n) is 3.08. The molecule has 0 aliphatic carbocycles. The van der Waals surface area contributed by atoms with Crippen molar-refractivity contribution < 1.29 is 4.74 Å². The normalized spacial score (nSPS) is 11.2. The molecule has 0 radical (unpaired) electrons. The van der Waals surface area contributed by atoms with E-state index in [4.69, 9.17) is 14.7 Å². The van der Waals surface area contributed by atoms with E-state index in [1.165, 1.54) is 0 Å². The predicted octanol–water partition coefficient (Wildman–Crippen LogP) is 5.45. The highest BCUT2D eigenvalue weighted by molar-refractivity contribution is 9.10. The van der Waals surface area contributed by atoms with Crippen molar-refractivity contribution in [3.05, 3.63) is 52.5 Å². The molecule has 1 N–H and O–H groups in total. The molecule has 29 heavy (non-hydrogen) atoms. The van der Waals surface area contributed by atoms with Crippen LogP contribution in [0.1, 0.15) is 19.4 Å². The van der Waals surface area contributed by atoms with Gasteiger partial charge in [-0.05, 0) is 43.4 Å². The van der Waals surface area contributed by atoms with Gasteiger partial charge in [-0.25, -0.2) is 9.97 Å². The summed E-state index contributed by atoms with van der Waals surface area (Å²) in [4.78, 5) is 12.1. The van der Waals surface area contributed by atoms with Gasteiger partial charge < -0.3 is 15.0 Å². The van der Waals surface area contributed by atoms with Crippen LogP contribution in [0.3, 0.4) is 0 Å². The van der Waals surface area contributed by atoms with E-state index in [-0.39, 0.29) is 0 Å². The molecule has 0 unspecified atom stereocenters. The third-order valence-corrected chi connectivity index (χ3v) is 6.27. The molecule has 0 bridgehead atoms. The number of anilines is 1. The SMILES string of the molecule is CCN(CC)CCNc1nc2ccccc2nc1SCc1cc(Br)ccc1OC. The van der Waals surface area contributed by atoms with E-state index < -0.39 is 0 Å². The van der Waals surface area contributed by atoms with Gasteiger partial charge in [0.15, 0.2) is 5.82 Å². The van der Waals surface area contributed by atoms with Crippen LogP contribution in [0.5, 0.6) is 5.75 Å². The second kappa shape index (κ2) is 10.8. The van der Waals surface area contributed by atoms with Crippen LogP contribution in [0.2, 0.25) is 0 Å². The van der Waals surface area contributed by atoms with Gasteiger partial charge in [-0.3, -0.25) is 0 Å². The van der Waals surface area contributed by atoms with Gasteiger partial charge in [0.1, 0.15) is 10.8 Å². The van der Waals surface area contributed by atoms with Gasteiger partial charge >= 0.3 is 0 Å². The molecular weight excluding hydrogens is 448 g/mol. The average Bonchev–Trinajstić information content (AvgIpc) is 2.75. The Morgan fingerprint density at radius 3 is 2.48 bits per heavy atom. The van der Waals surface area contributed by atoms with Crippen LogP contribution in [0, 0.1) is 0 Å². The topological polar surface area (TPSA) is 50.3 Å². The zero-order chi connectivity index (χ0) is 20.6. The molecule has 3 rings (SSSR count). The van der Waals surface area contributed by atoms with Crippen molar-refractivity contribution >= 4 is 44.5 Å². The molecule has 7 heteroatoms. The van der Waals surface area contributed by atoms with Crippen molar-refractivity contribution in [2.45, 2.75) is 24.6 Å². The number of thioether (sulfide) groups is 1. The first-order valence-corrected chi connectivity index (χ1v) is 11.6. The van der Waals surface area contributed by atoms with Crippen LogP contribution in [-0.4, -0.2) is 48.2 Å². The fraction of sp³-hybridized carbons (Fsp3) is 0.364. The first-order valence-electron chi connectivity index (χ1n) is 9.82. The Morgan fingerprint density at radius 2 is 1.79 bits per heavy atom. The maximum atomic E-state index is 5.51. The van der Waals surface area contributed by atoms with Crippen molar-refractivity contribution in [1.29, 1.82) is 0 Å². The Bertz CT molecular complexity index is 949. The molecule has 154 valence electrons. The van der Waals surface area contributed by atoms with E-state index in [1.807, 2.05) is 36.4 Å². The number of methoxy groups -OCH3 is 1. The maximum absolute atomic E-state index is 5.51. The molecular formula is C22H27BrN4OS. The number of likely N-dealkylation sites (N-methyl/N-ethyl adjacent to an activating group) is 1. The molecule has 0 aliphatic rings. The summed E-state index contributed by atoms with van der Waals surface area (Å²) in [7, 11) is 1.70. The summed E-state index contributed by atoms with van der Waals surface area (Å²) in [6.45, 7) is 8.28. The van der Waals surface area contributed by atoms with Crippen LogP contribution in [-0.2, 0) is 5.75 Å². The number of nitrogens with one attached hydrogen (secondary N) is 1. The van der Waals surface area contributed by atoms with E-state index >= 15 is 0 Å². The zero-order valence-electron chi connectivity index (χ0n) is 17.1. The molecule has 0 spiro atoms. The number of nitrogens with zero attached hydrogens (tertiary/aromatic N) is 3. The molecule has 1 heterocycles. The lowest BCUT2D eigenvalue weighted by molar-refractivity contribution is 0.316. The summed E-state index contributed by atoms with van der Waals surface area (Å²) >= 11 is 5.22. The molecule has 2 aromatic carbocycles. The van der Waals surface area contributed by atoms with Crippen LogP contribution >= 0.6 is 27.7 Å². The van der Waals surface area contributed by atoms with Crippen molar-refractivity contribution in [3.63, 3.8) is 0 Å². The minimum Gasteiger partial charge on any atom is -0.496 e. The van der Waals surface area contributed by atoms with Gasteiger partial charge in [-0.2, -0.15) is 0 Å². The lowest BCUT2D eigenvalue weighted by Crippen LogP contribution is -2.28. The van der Waals surface area contributed by atoms with Crippen molar-refractivity contribution in [2.24, 2.45) is 0 Å². The molecule has 1 aromatic heterocycles. The Balaban J connectivity index is 1.82. The van der Waals surface area contributed by atoms with E-state index in [1.54, 1.807) is 18.9 Å². The molecule has 5 nitrogen and oxygen atoms in total. The summed E-state index contributed by atoms with van der Waals surface area (Å²) < 4.78 is 6.55. The quantitative estimate of drug-likeness (QED) is 0.394. The molecule has 3 aromatic rings. The van der Waals surface area contributed by atoms with Crippen molar-refractivity contribution in [1.82, 2.24) is 14.9 Å². The first kappa shape index (κ1) is 21.9. The van der Waals surface area contributed by atoms with Gasteiger partial charge in [0.05, 0.1) is 18.1 Å². The molecule has 0 aliphatic heterocycles. The third kappa shape index (κ3) is 5.84. The number of benzene rings is 2. The molecule has 0 atom stereocenters. The van der Waals surface area contributed by atoms with Crippen LogP contribution in [0.4, 0.5) is 5.82 Å². The first-order chi connectivity index (χ1) is 14.1. The minimum atomic E-state index is 0.750. The van der Waals surface area contributed by atoms with Crippen LogP contribution < -0.4 is 10.1 Å². The van der Waals surface area contributed by atoms with Crippen molar-refractivity contribution in [2.75, 3.05) is 38.6 Å². The number of halogens is 1. The standard InChI is InChI=1S/C22H27BrN4OS/c1-4-27(5-2)13-12-24-21-22(26-19-9-7-6-8-18(19)25-21)29-15-16-14-17(23)10-11-20(16)28-3/h6-11,14H,4-5,12-13,15H2,1-3H3,(H,24,25). The van der Waals surface area contributed by atoms with Gasteiger partial charge in [-0.1, -0.05) is 53.7 Å². The van der Waals surface area contributed by atoms with Gasteiger partial charge in [-0.15, -0.1) is 0 Å². The summed E-state index contributed by atoms with van der Waals surface area (Å²) in [6, 6.07) is 14.1. The Labute approximate surface area is 185 Å². The number of hydrogen-bond acceptors (Lipinski definition) is 6. The third-order valence-electron chi connectivity index (χ3n) is 4.76. The largest absolute Gasteiger partial charge is 0.496 e. The number of aromatic nitrogens is 2. The number of hydrogen-bond donors (Lipinski definition) is 1. The summed E-state index contributed by atoms with van der Waals surface area (Å²) in [5.74, 6) is 2.47. The lowest BCUT2D eigenvalue weighted by Gasteiger charge is -2.19. The second-order valence-corrected chi connectivity index (χ2v) is 8.44. The Kier molecular flexibility index (Phi) is 8.15. The van der Waals surface area contributed by atoms with Crippen molar-refractivity contribution in [3.8, 4) is 5.75 Å². The molecule has 0 saturated heterocycles. The van der Waals surface area contributed by atoms with E-state index in [9.17, 15) is 0 Å². The molecule has 0 amide bonds. The van der Waals surface area contributed by atoms with Crippen LogP contribution in [0.15, 0.2) is 52.0 Å². The highest BCUT2D eigenvalue weighted by Crippen LogP contribution is 2.33. The van der Waals surface area contributed by atoms with E-state index in [2.05, 4.69) is 46.1 Å². The van der Waals surface area contributed by atoms with Gasteiger partial charge in [0.2, 0.25) is 0 Å². The lowest BCUT2D eigenvalue weighted by atomic mass is 10.2. The predicted molar refractivity (Wildman–Crippen MR) is 126 cm³/mol. The zero-order valence-corrected chi connectivity index (χ0v) is 19.5. The number of para-hydroxylation sites is 2. The molecule has 0 saturated carbocycles. The Hall–Kier alpha value is -1.83. The number of ether oxygens (including phenoxy) is 1. The highest BCUT2D eigenvalue weighted by Gasteiger charge is 2.12. The summed E-state index contributed by atoms with van der Waals surface area (Å²) in [5, 5.41) is 4.41. The van der Waals surface area contributed by atoms with Crippen LogP contribution in [0.25, 0.3) is 11.0 Å². The number of rotatable bonds is 10. The van der Waals surface area contributed by atoms with Gasteiger partial charge in [0, 0.05) is 28.9 Å². The molecule has 0 fully saturated rings. The summed E-state index contributed by atoms with van der Waals surface area (Å²) in [5.41, 5.74) is 2.93. The highest BCUT2D eigenvalue weighted by atomic mass is 79.9. The smallest absolute Gasteiger partial charge is 0.159 e. The monoisotopic (exact) mass is 474 g/mol. The Morgan fingerprint density at radius 1 is 1.07 bits per heavy atom. The minimum absolute atomic E-state index is 0.750. The number of fused-ring (bicyclic) bond motifs is 1.